The van der Waals surface area contributed by atoms with Crippen molar-refractivity contribution in [3.05, 3.63) is 84.7 Å². The van der Waals surface area contributed by atoms with E-state index in [2.05, 4.69) is 20.1 Å². The van der Waals surface area contributed by atoms with Gasteiger partial charge in [0.2, 0.25) is 0 Å². The number of benzene rings is 3. The molecule has 0 radical (unpaired) electrons. The molecule has 36 heavy (non-hydrogen) atoms. The summed E-state index contributed by atoms with van der Waals surface area (Å²) < 4.78 is 85.3. The molecule has 1 amide bonds. The first-order valence-corrected chi connectivity index (χ1v) is 10.0. The Morgan fingerprint density at radius 2 is 1.56 bits per heavy atom. The number of hydrogen-bond acceptors (Lipinski definition) is 5. The predicted octanol–water partition coefficient (Wildman–Crippen LogP) is 6.46. The highest BCUT2D eigenvalue weighted by atomic mass is 19.4. The van der Waals surface area contributed by atoms with Gasteiger partial charge in [-0.3, -0.25) is 5.32 Å². The minimum absolute atomic E-state index is 0.272. The Labute approximate surface area is 198 Å². The Morgan fingerprint density at radius 1 is 0.861 bits per heavy atom. The Kier molecular flexibility index (Phi) is 6.55. The number of hydrogen-bond donors (Lipinski definition) is 1. The van der Waals surface area contributed by atoms with Gasteiger partial charge in [0.1, 0.15) is 17.8 Å². The first-order valence-electron chi connectivity index (χ1n) is 10.0. The highest BCUT2D eigenvalue weighted by molar-refractivity contribution is 5.86. The smallest absolute Gasteiger partial charge is 0.410 e. The van der Waals surface area contributed by atoms with Crippen molar-refractivity contribution in [3.63, 3.8) is 0 Å². The number of nitrogens with one attached hydrogen (secondary N) is 1. The van der Waals surface area contributed by atoms with Crippen LogP contribution < -0.4 is 14.8 Å². The lowest BCUT2D eigenvalue weighted by atomic mass is 10.2. The number of nitrogens with zero attached hydrogens (tertiary/aromatic N) is 3. The summed E-state index contributed by atoms with van der Waals surface area (Å²) in [6.45, 7) is 0. The molecule has 0 aliphatic heterocycles. The Bertz CT molecular complexity index is 1350. The van der Waals surface area contributed by atoms with Crippen LogP contribution in [-0.4, -0.2) is 27.2 Å². The Morgan fingerprint density at radius 3 is 2.19 bits per heavy atom. The van der Waals surface area contributed by atoms with Gasteiger partial charge >= 0.3 is 18.6 Å². The third-order valence-corrected chi connectivity index (χ3v) is 4.59. The fourth-order valence-corrected chi connectivity index (χ4v) is 3.01. The number of carbonyl (C=O) groups excluding carboxylic acids is 1. The number of amides is 1. The molecule has 0 saturated heterocycles. The number of aromatic nitrogens is 3. The number of rotatable bonds is 5. The van der Waals surface area contributed by atoms with E-state index in [-0.39, 0.29) is 11.5 Å². The summed E-state index contributed by atoms with van der Waals surface area (Å²) in [5.41, 5.74) is 0.353. The molecule has 0 aliphatic carbocycles. The van der Waals surface area contributed by atoms with Gasteiger partial charge in [-0.25, -0.2) is 14.5 Å². The van der Waals surface area contributed by atoms with Crippen LogP contribution in [0.1, 0.15) is 5.56 Å². The maximum Gasteiger partial charge on any atom is 0.573 e. The summed E-state index contributed by atoms with van der Waals surface area (Å²) in [5, 5.41) is 6.67. The van der Waals surface area contributed by atoms with Crippen LogP contribution >= 0.6 is 0 Å². The van der Waals surface area contributed by atoms with Gasteiger partial charge in [0, 0.05) is 11.3 Å². The molecule has 4 rings (SSSR count). The number of carbonyl (C=O) groups is 1. The van der Waals surface area contributed by atoms with Crippen molar-refractivity contribution in [2.75, 3.05) is 5.32 Å². The molecule has 0 fully saturated rings. The maximum absolute atomic E-state index is 12.8. The van der Waals surface area contributed by atoms with Gasteiger partial charge in [-0.2, -0.15) is 13.2 Å². The molecular weight excluding hydrogens is 494 g/mol. The average molecular weight is 508 g/mol. The van der Waals surface area contributed by atoms with Gasteiger partial charge < -0.3 is 9.47 Å². The average Bonchev–Trinajstić information content (AvgIpc) is 3.29. The van der Waals surface area contributed by atoms with Crippen LogP contribution in [-0.2, 0) is 6.18 Å². The fraction of sp³-hybridized carbons (Fsp3) is 0.0870. The normalized spacial score (nSPS) is 11.7. The lowest BCUT2D eigenvalue weighted by Crippen LogP contribution is -2.17. The molecule has 7 nitrogen and oxygen atoms in total. The summed E-state index contributed by atoms with van der Waals surface area (Å²) in [5.74, 6) is -0.350. The second-order valence-corrected chi connectivity index (χ2v) is 7.17. The van der Waals surface area contributed by atoms with Gasteiger partial charge in [0.25, 0.3) is 0 Å². The van der Waals surface area contributed by atoms with Crippen molar-refractivity contribution < 1.29 is 40.6 Å². The van der Waals surface area contributed by atoms with Crippen LogP contribution in [0.25, 0.3) is 17.1 Å². The van der Waals surface area contributed by atoms with Gasteiger partial charge in [0.15, 0.2) is 5.82 Å². The van der Waals surface area contributed by atoms with Crippen molar-refractivity contribution >= 4 is 11.8 Å². The van der Waals surface area contributed by atoms with E-state index in [0.717, 1.165) is 24.3 Å². The van der Waals surface area contributed by atoms with Crippen LogP contribution in [0.2, 0.25) is 0 Å². The van der Waals surface area contributed by atoms with E-state index in [0.29, 0.717) is 28.8 Å². The first-order chi connectivity index (χ1) is 17.0. The van der Waals surface area contributed by atoms with Crippen molar-refractivity contribution in [2.24, 2.45) is 0 Å². The zero-order chi connectivity index (χ0) is 25.9. The van der Waals surface area contributed by atoms with E-state index in [1.807, 2.05) is 0 Å². The van der Waals surface area contributed by atoms with E-state index in [1.165, 1.54) is 41.3 Å². The quantitative estimate of drug-likeness (QED) is 0.313. The van der Waals surface area contributed by atoms with E-state index < -0.39 is 24.2 Å². The van der Waals surface area contributed by atoms with Gasteiger partial charge in [0.05, 0.1) is 11.3 Å². The largest absolute Gasteiger partial charge is 0.573 e. The molecule has 186 valence electrons. The summed E-state index contributed by atoms with van der Waals surface area (Å²) in [6.07, 6.45) is -8.98. The van der Waals surface area contributed by atoms with Crippen LogP contribution in [0.4, 0.5) is 36.8 Å². The third kappa shape index (κ3) is 6.31. The molecule has 0 unspecified atom stereocenters. The van der Waals surface area contributed by atoms with Gasteiger partial charge in [-0.1, -0.05) is 6.07 Å². The molecule has 1 aromatic heterocycles. The van der Waals surface area contributed by atoms with Crippen LogP contribution in [0.3, 0.4) is 0 Å². The highest BCUT2D eigenvalue weighted by Gasteiger charge is 2.31. The maximum atomic E-state index is 12.8. The molecule has 1 heterocycles. The van der Waals surface area contributed by atoms with E-state index in [9.17, 15) is 31.1 Å². The second kappa shape index (κ2) is 9.60. The molecule has 0 atom stereocenters. The second-order valence-electron chi connectivity index (χ2n) is 7.17. The Balaban J connectivity index is 1.39. The van der Waals surface area contributed by atoms with E-state index in [4.69, 9.17) is 4.74 Å². The highest BCUT2D eigenvalue weighted by Crippen LogP contribution is 2.31. The minimum atomic E-state index is -4.79. The topological polar surface area (TPSA) is 78.3 Å². The Hall–Kier alpha value is -4.55. The summed E-state index contributed by atoms with van der Waals surface area (Å²) >= 11 is 0. The summed E-state index contributed by atoms with van der Waals surface area (Å²) in [6, 6.07) is 15.1. The predicted molar refractivity (Wildman–Crippen MR) is 115 cm³/mol. The van der Waals surface area contributed by atoms with Crippen molar-refractivity contribution in [2.45, 2.75) is 12.5 Å². The third-order valence-electron chi connectivity index (χ3n) is 4.59. The summed E-state index contributed by atoms with van der Waals surface area (Å²) in [7, 11) is 0. The van der Waals surface area contributed by atoms with Crippen LogP contribution in [0.5, 0.6) is 11.5 Å². The van der Waals surface area contributed by atoms with Crippen molar-refractivity contribution in [3.8, 4) is 28.6 Å². The zero-order valence-corrected chi connectivity index (χ0v) is 17.8. The molecule has 0 spiro atoms. The van der Waals surface area contributed by atoms with E-state index in [1.54, 1.807) is 12.1 Å². The molecule has 3 aromatic carbocycles. The molecule has 0 saturated carbocycles. The lowest BCUT2D eigenvalue weighted by Gasteiger charge is -2.10. The number of alkyl halides is 6. The molecular formula is C23H14F6N4O3. The molecule has 0 aliphatic rings. The van der Waals surface area contributed by atoms with Gasteiger partial charge in [-0.05, 0) is 66.7 Å². The van der Waals surface area contributed by atoms with Crippen LogP contribution in [0.15, 0.2) is 79.1 Å². The van der Waals surface area contributed by atoms with Gasteiger partial charge in [-0.15, -0.1) is 18.3 Å². The standard InChI is InChI=1S/C23H14F6N4O3/c24-22(25,26)15-2-1-3-19(12-15)35-21(34)31-16-6-4-14(5-7-16)20-30-13-33(32-20)17-8-10-18(11-9-17)36-23(27,28)29/h1-13H,(H,31,34). The molecule has 0 bridgehead atoms. The SMILES string of the molecule is O=C(Nc1ccc(-c2ncn(-c3ccc(OC(F)(F)F)cc3)n2)cc1)Oc1cccc(C(F)(F)F)c1. The minimum Gasteiger partial charge on any atom is -0.410 e. The monoisotopic (exact) mass is 508 g/mol. The fourth-order valence-electron chi connectivity index (χ4n) is 3.01. The summed E-state index contributed by atoms with van der Waals surface area (Å²) in [4.78, 5) is 16.2. The molecule has 1 N–H and O–H groups in total. The van der Waals surface area contributed by atoms with Crippen molar-refractivity contribution in [1.29, 1.82) is 0 Å². The first kappa shape index (κ1) is 24.6. The number of ether oxygens (including phenoxy) is 2. The number of anilines is 1. The van der Waals surface area contributed by atoms with E-state index >= 15 is 0 Å². The molecule has 13 heteroatoms. The zero-order valence-electron chi connectivity index (χ0n) is 17.8. The number of halogens is 6. The van der Waals surface area contributed by atoms with Crippen LogP contribution in [0, 0.1) is 0 Å². The molecule has 4 aromatic rings. The lowest BCUT2D eigenvalue weighted by molar-refractivity contribution is -0.274. The van der Waals surface area contributed by atoms with Crippen molar-refractivity contribution in [1.82, 2.24) is 14.8 Å².